The molecule has 3 aliphatic rings. The lowest BCUT2D eigenvalue weighted by atomic mass is 9.81. The van der Waals surface area contributed by atoms with Gasteiger partial charge < -0.3 is 15.0 Å². The smallest absolute Gasteiger partial charge is 0.256 e. The van der Waals surface area contributed by atoms with Crippen molar-refractivity contribution in [2.24, 2.45) is 0 Å². The molecule has 1 amide bonds. The number of anilines is 1. The topological polar surface area (TPSA) is 41.6 Å². The first kappa shape index (κ1) is 18.9. The maximum atomic E-state index is 13.3. The van der Waals surface area contributed by atoms with Gasteiger partial charge in [0.1, 0.15) is 16.9 Å². The second-order valence-electron chi connectivity index (χ2n) is 8.79. The Morgan fingerprint density at radius 3 is 2.74 bits per heavy atom. The van der Waals surface area contributed by atoms with E-state index >= 15 is 0 Å². The number of benzene rings is 2. The average molecular weight is 431 g/mol. The summed E-state index contributed by atoms with van der Waals surface area (Å²) >= 11 is 1.86. The molecule has 2 atom stereocenters. The number of ether oxygens (including phenoxy) is 1. The van der Waals surface area contributed by atoms with E-state index < -0.39 is 0 Å². The molecule has 0 saturated heterocycles. The molecule has 1 N–H and O–H groups in total. The van der Waals surface area contributed by atoms with E-state index in [0.29, 0.717) is 0 Å². The Kier molecular flexibility index (Phi) is 4.53. The molecular formula is C26H26N2O2S. The fourth-order valence-electron chi connectivity index (χ4n) is 5.52. The molecule has 3 heterocycles. The second kappa shape index (κ2) is 7.41. The highest BCUT2D eigenvalue weighted by Gasteiger charge is 2.43. The van der Waals surface area contributed by atoms with Gasteiger partial charge in [-0.05, 0) is 66.5 Å². The number of fused-ring (bicyclic) bond motifs is 6. The summed E-state index contributed by atoms with van der Waals surface area (Å²) < 4.78 is 5.33. The fraction of sp³-hybridized carbons (Fsp3) is 0.346. The molecule has 0 radical (unpaired) electrons. The minimum Gasteiger partial charge on any atom is -0.497 e. The molecule has 1 aromatic heterocycles. The van der Waals surface area contributed by atoms with Gasteiger partial charge in [0.15, 0.2) is 0 Å². The summed E-state index contributed by atoms with van der Waals surface area (Å²) in [6.07, 6.45) is 5.44. The zero-order chi connectivity index (χ0) is 20.9. The molecule has 3 aromatic rings. The largest absolute Gasteiger partial charge is 0.497 e. The minimum absolute atomic E-state index is 0.0166. The zero-order valence-corrected chi connectivity index (χ0v) is 18.5. The summed E-state index contributed by atoms with van der Waals surface area (Å²) in [5.41, 5.74) is 6.25. The molecule has 6 rings (SSSR count). The molecule has 2 aromatic carbocycles. The van der Waals surface area contributed by atoms with Crippen LogP contribution in [-0.4, -0.2) is 19.2 Å². The Bertz CT molecular complexity index is 1150. The number of aryl methyl sites for hydroxylation is 1. The standard InChI is InChI=1S/C26H26N2O2S/c1-30-18-12-10-16(11-13-18)14-21-19-7-3-2-6-17(19)15-28-24(21)27-25(29)23-20-8-4-5-9-22(20)31-26(23)28/h2-3,6-7,10-13,21,24H,4-5,8-9,14-15H2,1H3,(H,27,29). The molecular weight excluding hydrogens is 404 g/mol. The van der Waals surface area contributed by atoms with Crippen molar-refractivity contribution in [3.8, 4) is 5.75 Å². The van der Waals surface area contributed by atoms with Crippen molar-refractivity contribution in [3.63, 3.8) is 0 Å². The summed E-state index contributed by atoms with van der Waals surface area (Å²) in [5, 5.41) is 4.60. The van der Waals surface area contributed by atoms with Crippen LogP contribution in [0.2, 0.25) is 0 Å². The number of carbonyl (C=O) groups excluding carboxylic acids is 1. The Morgan fingerprint density at radius 2 is 1.90 bits per heavy atom. The number of methoxy groups -OCH3 is 1. The summed E-state index contributed by atoms with van der Waals surface area (Å²) in [6.45, 7) is 0.854. The first-order chi connectivity index (χ1) is 15.2. The van der Waals surface area contributed by atoms with Gasteiger partial charge in [-0.15, -0.1) is 11.3 Å². The van der Waals surface area contributed by atoms with Crippen LogP contribution in [0.1, 0.15) is 56.2 Å². The molecule has 2 aliphatic heterocycles. The molecule has 2 unspecified atom stereocenters. The van der Waals surface area contributed by atoms with Gasteiger partial charge in [0.25, 0.3) is 5.91 Å². The lowest BCUT2D eigenvalue weighted by Crippen LogP contribution is -2.57. The first-order valence-corrected chi connectivity index (χ1v) is 12.0. The monoisotopic (exact) mass is 430 g/mol. The molecule has 158 valence electrons. The number of nitrogens with one attached hydrogen (secondary N) is 1. The number of nitrogens with zero attached hydrogens (tertiary/aromatic N) is 1. The molecule has 0 spiro atoms. The van der Waals surface area contributed by atoms with E-state index in [0.717, 1.165) is 37.1 Å². The van der Waals surface area contributed by atoms with Crippen molar-refractivity contribution >= 4 is 22.2 Å². The van der Waals surface area contributed by atoms with E-state index in [9.17, 15) is 4.79 Å². The Hall–Kier alpha value is -2.79. The maximum Gasteiger partial charge on any atom is 0.256 e. The Balaban J connectivity index is 1.43. The van der Waals surface area contributed by atoms with Crippen LogP contribution >= 0.6 is 11.3 Å². The number of hydrogen-bond donors (Lipinski definition) is 1. The van der Waals surface area contributed by atoms with E-state index in [1.807, 2.05) is 23.5 Å². The number of amides is 1. The SMILES string of the molecule is COc1ccc(CC2c3ccccc3CN3c4sc5c(c4C(=O)NC23)CCCC5)cc1. The Labute approximate surface area is 186 Å². The van der Waals surface area contributed by atoms with Crippen LogP contribution in [0.3, 0.4) is 0 Å². The predicted molar refractivity (Wildman–Crippen MR) is 124 cm³/mol. The van der Waals surface area contributed by atoms with E-state index in [1.165, 1.54) is 45.0 Å². The van der Waals surface area contributed by atoms with Crippen LogP contribution < -0.4 is 15.0 Å². The summed E-state index contributed by atoms with van der Waals surface area (Å²) in [5.74, 6) is 1.19. The molecule has 31 heavy (non-hydrogen) atoms. The third kappa shape index (κ3) is 3.06. The minimum atomic E-state index is -0.0166. The zero-order valence-electron chi connectivity index (χ0n) is 17.7. The number of carbonyl (C=O) groups is 1. The predicted octanol–water partition coefficient (Wildman–Crippen LogP) is 5.05. The summed E-state index contributed by atoms with van der Waals surface area (Å²) in [4.78, 5) is 17.2. The molecule has 0 bridgehead atoms. The van der Waals surface area contributed by atoms with Crippen molar-refractivity contribution in [2.75, 3.05) is 12.0 Å². The average Bonchev–Trinajstić information content (AvgIpc) is 3.21. The van der Waals surface area contributed by atoms with Crippen LogP contribution in [0.15, 0.2) is 48.5 Å². The Morgan fingerprint density at radius 1 is 1.10 bits per heavy atom. The van der Waals surface area contributed by atoms with Gasteiger partial charge in [-0.1, -0.05) is 36.4 Å². The van der Waals surface area contributed by atoms with Crippen LogP contribution in [0.5, 0.6) is 5.75 Å². The highest BCUT2D eigenvalue weighted by molar-refractivity contribution is 7.16. The van der Waals surface area contributed by atoms with E-state index in [2.05, 4.69) is 46.6 Å². The number of thiophene rings is 1. The quantitative estimate of drug-likeness (QED) is 0.632. The van der Waals surface area contributed by atoms with Gasteiger partial charge in [-0.3, -0.25) is 4.79 Å². The lowest BCUT2D eigenvalue weighted by Gasteiger charge is -2.46. The fourth-order valence-corrected chi connectivity index (χ4v) is 6.94. The van der Waals surface area contributed by atoms with E-state index in [1.54, 1.807) is 7.11 Å². The summed E-state index contributed by atoms with van der Waals surface area (Å²) in [7, 11) is 1.69. The highest BCUT2D eigenvalue weighted by Crippen LogP contribution is 2.47. The van der Waals surface area contributed by atoms with Gasteiger partial charge in [0.2, 0.25) is 0 Å². The van der Waals surface area contributed by atoms with Gasteiger partial charge in [0, 0.05) is 17.3 Å². The van der Waals surface area contributed by atoms with Gasteiger partial charge in [0.05, 0.1) is 12.7 Å². The van der Waals surface area contributed by atoms with Gasteiger partial charge in [-0.25, -0.2) is 0 Å². The van der Waals surface area contributed by atoms with Crippen molar-refractivity contribution in [1.82, 2.24) is 5.32 Å². The summed E-state index contributed by atoms with van der Waals surface area (Å²) in [6, 6.07) is 17.1. The molecule has 5 heteroatoms. The van der Waals surface area contributed by atoms with Crippen molar-refractivity contribution in [3.05, 3.63) is 81.2 Å². The van der Waals surface area contributed by atoms with E-state index in [4.69, 9.17) is 4.74 Å². The number of hydrogen-bond acceptors (Lipinski definition) is 4. The molecule has 4 nitrogen and oxygen atoms in total. The molecule has 1 aliphatic carbocycles. The van der Waals surface area contributed by atoms with E-state index in [-0.39, 0.29) is 18.0 Å². The van der Waals surface area contributed by atoms with Crippen molar-refractivity contribution in [1.29, 1.82) is 0 Å². The van der Waals surface area contributed by atoms with Crippen LogP contribution in [0.4, 0.5) is 5.00 Å². The van der Waals surface area contributed by atoms with Crippen molar-refractivity contribution < 1.29 is 9.53 Å². The third-order valence-electron chi connectivity index (χ3n) is 7.05. The normalized spacial score (nSPS) is 21.5. The van der Waals surface area contributed by atoms with Gasteiger partial charge >= 0.3 is 0 Å². The molecule has 0 fully saturated rings. The lowest BCUT2D eigenvalue weighted by molar-refractivity contribution is 0.0915. The second-order valence-corrected chi connectivity index (χ2v) is 9.88. The van der Waals surface area contributed by atoms with Gasteiger partial charge in [-0.2, -0.15) is 0 Å². The molecule has 0 saturated carbocycles. The van der Waals surface area contributed by atoms with Crippen LogP contribution in [-0.2, 0) is 25.8 Å². The maximum absolute atomic E-state index is 13.3. The van der Waals surface area contributed by atoms with Crippen LogP contribution in [0, 0.1) is 0 Å². The van der Waals surface area contributed by atoms with Crippen LogP contribution in [0.25, 0.3) is 0 Å². The van der Waals surface area contributed by atoms with Crippen molar-refractivity contribution in [2.45, 2.75) is 50.7 Å². The first-order valence-electron chi connectivity index (χ1n) is 11.2. The highest BCUT2D eigenvalue weighted by atomic mass is 32.1. The third-order valence-corrected chi connectivity index (χ3v) is 8.38. The number of rotatable bonds is 3.